The van der Waals surface area contributed by atoms with Crippen molar-refractivity contribution in [2.75, 3.05) is 0 Å². The van der Waals surface area contributed by atoms with E-state index in [9.17, 15) is 26.3 Å². The molecule has 3 rings (SSSR count). The molecule has 2 saturated heterocycles. The van der Waals surface area contributed by atoms with Gasteiger partial charge in [0.15, 0.2) is 0 Å². The fourth-order valence-corrected chi connectivity index (χ4v) is 3.31. The molecule has 0 aliphatic carbocycles. The van der Waals surface area contributed by atoms with Crippen LogP contribution in [-0.4, -0.2) is 18.2 Å². The number of hydrogen-bond donors (Lipinski definition) is 1. The summed E-state index contributed by atoms with van der Waals surface area (Å²) in [5.74, 6) is -0.531. The second kappa shape index (κ2) is 5.58. The molecule has 2 bridgehead atoms. The summed E-state index contributed by atoms with van der Waals surface area (Å²) in [4.78, 5) is 0. The van der Waals surface area contributed by atoms with Crippen LogP contribution in [0.2, 0.25) is 0 Å². The van der Waals surface area contributed by atoms with Gasteiger partial charge < -0.3 is 10.1 Å². The molecule has 0 aromatic heterocycles. The molecule has 2 unspecified atom stereocenters. The Morgan fingerprint density at radius 1 is 0.913 bits per heavy atom. The quantitative estimate of drug-likeness (QED) is 0.807. The summed E-state index contributed by atoms with van der Waals surface area (Å²) < 4.78 is 82.6. The highest BCUT2D eigenvalue weighted by Gasteiger charge is 2.40. The summed E-state index contributed by atoms with van der Waals surface area (Å²) in [6, 6.07) is 1.94. The lowest BCUT2D eigenvalue weighted by Gasteiger charge is -2.30. The Morgan fingerprint density at radius 3 is 2.04 bits per heavy atom. The molecule has 2 aliphatic rings. The normalized spacial score (nSPS) is 28.0. The monoisotopic (exact) mass is 339 g/mol. The number of fused-ring (bicyclic) bond motifs is 2. The third-order valence-corrected chi connectivity index (χ3v) is 4.34. The van der Waals surface area contributed by atoms with Gasteiger partial charge >= 0.3 is 12.4 Å². The predicted octanol–water partition coefficient (Wildman–Crippen LogP) is 4.39. The van der Waals surface area contributed by atoms with Crippen molar-refractivity contribution in [1.29, 1.82) is 0 Å². The van der Waals surface area contributed by atoms with E-state index in [0.29, 0.717) is 18.9 Å². The van der Waals surface area contributed by atoms with Gasteiger partial charge in [0.2, 0.25) is 0 Å². The molecule has 128 valence electrons. The van der Waals surface area contributed by atoms with Crippen LogP contribution in [0.3, 0.4) is 0 Å². The fourth-order valence-electron chi connectivity index (χ4n) is 3.31. The minimum Gasteiger partial charge on any atom is -0.490 e. The molecule has 2 heterocycles. The maximum atomic E-state index is 13.1. The Balaban J connectivity index is 1.86. The van der Waals surface area contributed by atoms with Gasteiger partial charge in [0.1, 0.15) is 11.9 Å². The topological polar surface area (TPSA) is 21.3 Å². The Morgan fingerprint density at radius 2 is 1.52 bits per heavy atom. The van der Waals surface area contributed by atoms with E-state index in [1.807, 2.05) is 0 Å². The smallest absolute Gasteiger partial charge is 0.419 e. The highest BCUT2D eigenvalue weighted by Crippen LogP contribution is 2.41. The zero-order valence-electron chi connectivity index (χ0n) is 12.0. The zero-order chi connectivity index (χ0) is 16.8. The van der Waals surface area contributed by atoms with Crippen LogP contribution in [0.5, 0.6) is 5.75 Å². The molecule has 2 nitrogen and oxygen atoms in total. The van der Waals surface area contributed by atoms with E-state index in [4.69, 9.17) is 4.74 Å². The number of piperidine rings is 1. The van der Waals surface area contributed by atoms with Crippen molar-refractivity contribution in [1.82, 2.24) is 5.32 Å². The van der Waals surface area contributed by atoms with Crippen molar-refractivity contribution < 1.29 is 31.1 Å². The van der Waals surface area contributed by atoms with Crippen LogP contribution in [0.1, 0.15) is 36.8 Å². The molecule has 2 aliphatic heterocycles. The lowest BCUT2D eigenvalue weighted by Crippen LogP contribution is -2.42. The van der Waals surface area contributed by atoms with E-state index in [0.717, 1.165) is 18.9 Å². The summed E-state index contributed by atoms with van der Waals surface area (Å²) >= 11 is 0. The third kappa shape index (κ3) is 3.57. The first kappa shape index (κ1) is 16.4. The first-order chi connectivity index (χ1) is 10.6. The number of ether oxygens (including phenoxy) is 1. The van der Waals surface area contributed by atoms with E-state index in [1.54, 1.807) is 0 Å². The molecular weight excluding hydrogens is 324 g/mol. The lowest BCUT2D eigenvalue weighted by molar-refractivity contribution is -0.144. The minimum absolute atomic E-state index is 0.116. The molecular formula is C15H15F6NO. The molecule has 0 spiro atoms. The summed E-state index contributed by atoms with van der Waals surface area (Å²) in [6.45, 7) is 0. The summed E-state index contributed by atoms with van der Waals surface area (Å²) in [6.07, 6.45) is -7.11. The van der Waals surface area contributed by atoms with E-state index < -0.39 is 35.3 Å². The number of nitrogens with one attached hydrogen (secondary N) is 1. The second-order valence-electron chi connectivity index (χ2n) is 6.06. The predicted molar refractivity (Wildman–Crippen MR) is 70.0 cm³/mol. The van der Waals surface area contributed by atoms with Crippen molar-refractivity contribution >= 4 is 0 Å². The van der Waals surface area contributed by atoms with Crippen LogP contribution >= 0.6 is 0 Å². The van der Waals surface area contributed by atoms with Crippen molar-refractivity contribution in [2.24, 2.45) is 0 Å². The van der Waals surface area contributed by atoms with Gasteiger partial charge in [-0.05, 0) is 43.9 Å². The Hall–Kier alpha value is -1.44. The lowest BCUT2D eigenvalue weighted by atomic mass is 10.0. The van der Waals surface area contributed by atoms with E-state index in [1.165, 1.54) is 0 Å². The van der Waals surface area contributed by atoms with Gasteiger partial charge in [-0.3, -0.25) is 0 Å². The molecule has 1 N–H and O–H groups in total. The standard InChI is InChI=1S/C15H15F6NO/c16-14(17,18)8-1-4-13(12(5-8)15(19,20)21)23-11-6-9-2-3-10(7-11)22-9/h1,4-5,9-11,22H,2-3,6-7H2. The highest BCUT2D eigenvalue weighted by atomic mass is 19.4. The highest BCUT2D eigenvalue weighted by molar-refractivity contribution is 5.40. The second-order valence-corrected chi connectivity index (χ2v) is 6.06. The van der Waals surface area contributed by atoms with Crippen LogP contribution in [0, 0.1) is 0 Å². The van der Waals surface area contributed by atoms with Crippen molar-refractivity contribution in [2.45, 2.75) is 56.2 Å². The molecule has 23 heavy (non-hydrogen) atoms. The third-order valence-electron chi connectivity index (χ3n) is 4.34. The van der Waals surface area contributed by atoms with Crippen molar-refractivity contribution in [3.05, 3.63) is 29.3 Å². The Kier molecular flexibility index (Phi) is 3.98. The van der Waals surface area contributed by atoms with E-state index in [2.05, 4.69) is 5.32 Å². The van der Waals surface area contributed by atoms with Gasteiger partial charge in [-0.1, -0.05) is 0 Å². The molecule has 0 amide bonds. The molecule has 1 aromatic carbocycles. The minimum atomic E-state index is -4.90. The molecule has 1 aromatic rings. The van der Waals surface area contributed by atoms with Gasteiger partial charge in [-0.25, -0.2) is 0 Å². The fraction of sp³-hybridized carbons (Fsp3) is 0.600. The van der Waals surface area contributed by atoms with Gasteiger partial charge in [-0.15, -0.1) is 0 Å². The maximum absolute atomic E-state index is 13.1. The number of alkyl halides is 6. The molecule has 0 radical (unpaired) electrons. The van der Waals surface area contributed by atoms with Gasteiger partial charge in [0, 0.05) is 12.1 Å². The van der Waals surface area contributed by atoms with E-state index >= 15 is 0 Å². The molecule has 0 saturated carbocycles. The van der Waals surface area contributed by atoms with Crippen LogP contribution < -0.4 is 10.1 Å². The number of benzene rings is 1. The van der Waals surface area contributed by atoms with Crippen LogP contribution in [0.25, 0.3) is 0 Å². The first-order valence-corrected chi connectivity index (χ1v) is 7.34. The van der Waals surface area contributed by atoms with Gasteiger partial charge in [-0.2, -0.15) is 26.3 Å². The molecule has 2 atom stereocenters. The average Bonchev–Trinajstić information content (AvgIpc) is 2.76. The SMILES string of the molecule is FC(F)(F)c1ccc(OC2CC3CCC(C2)N3)c(C(F)(F)F)c1. The van der Waals surface area contributed by atoms with Crippen LogP contribution in [0.15, 0.2) is 18.2 Å². The van der Waals surface area contributed by atoms with E-state index in [-0.39, 0.29) is 18.2 Å². The zero-order valence-corrected chi connectivity index (χ0v) is 12.0. The van der Waals surface area contributed by atoms with Gasteiger partial charge in [0.05, 0.1) is 11.1 Å². The van der Waals surface area contributed by atoms with Crippen LogP contribution in [-0.2, 0) is 12.4 Å². The summed E-state index contributed by atoms with van der Waals surface area (Å²) in [5.41, 5.74) is -2.71. The van der Waals surface area contributed by atoms with Crippen LogP contribution in [0.4, 0.5) is 26.3 Å². The Labute approximate surface area is 128 Å². The first-order valence-electron chi connectivity index (χ1n) is 7.34. The number of halogens is 6. The average molecular weight is 339 g/mol. The summed E-state index contributed by atoms with van der Waals surface area (Å²) in [7, 11) is 0. The Bertz CT molecular complexity index is 570. The molecule has 8 heteroatoms. The summed E-state index contributed by atoms with van der Waals surface area (Å²) in [5, 5.41) is 3.33. The number of rotatable bonds is 2. The molecule has 2 fully saturated rings. The number of hydrogen-bond acceptors (Lipinski definition) is 2. The van der Waals surface area contributed by atoms with Gasteiger partial charge in [0.25, 0.3) is 0 Å². The largest absolute Gasteiger partial charge is 0.490 e. The van der Waals surface area contributed by atoms with Crippen molar-refractivity contribution in [3.63, 3.8) is 0 Å². The van der Waals surface area contributed by atoms with Crippen molar-refractivity contribution in [3.8, 4) is 5.75 Å². The maximum Gasteiger partial charge on any atom is 0.419 e.